The zero-order chi connectivity index (χ0) is 21.0. The van der Waals surface area contributed by atoms with Crippen molar-refractivity contribution in [3.63, 3.8) is 0 Å². The maximum Gasteiger partial charge on any atom is 0.246 e. The summed E-state index contributed by atoms with van der Waals surface area (Å²) in [5, 5.41) is 10.6. The maximum absolute atomic E-state index is 13.3. The lowest BCUT2D eigenvalue weighted by molar-refractivity contribution is -0.119. The number of carbonyl (C=O) groups excluding carboxylic acids is 2. The van der Waals surface area contributed by atoms with Crippen LogP contribution < -0.4 is 9.75 Å². The van der Waals surface area contributed by atoms with Gasteiger partial charge in [-0.15, -0.1) is 10.2 Å². The van der Waals surface area contributed by atoms with Crippen LogP contribution in [0.3, 0.4) is 0 Å². The van der Waals surface area contributed by atoms with E-state index in [0.717, 1.165) is 12.0 Å². The summed E-state index contributed by atoms with van der Waals surface area (Å²) in [4.78, 5) is 26.8. The number of aryl methyl sites for hydroxylation is 1. The topological polar surface area (TPSA) is 77.3 Å². The van der Waals surface area contributed by atoms with E-state index >= 15 is 0 Å². The van der Waals surface area contributed by atoms with E-state index in [2.05, 4.69) is 10.2 Å². The molecule has 3 rings (SSSR count). The number of amides is 1. The zero-order valence-electron chi connectivity index (χ0n) is 17.3. The quantitative estimate of drug-likeness (QED) is 0.651. The average Bonchev–Trinajstić information content (AvgIpc) is 3.15. The first-order chi connectivity index (χ1) is 14.0. The van der Waals surface area contributed by atoms with Crippen molar-refractivity contribution in [3.05, 3.63) is 40.6 Å². The van der Waals surface area contributed by atoms with Gasteiger partial charge in [-0.25, -0.2) is 9.69 Å². The van der Waals surface area contributed by atoms with E-state index < -0.39 is 0 Å². The Labute approximate surface area is 175 Å². The lowest BCUT2D eigenvalue weighted by atomic mass is 10.1. The van der Waals surface area contributed by atoms with Gasteiger partial charge in [-0.2, -0.15) is 0 Å². The van der Waals surface area contributed by atoms with Gasteiger partial charge in [-0.05, 0) is 36.7 Å². The molecule has 0 aliphatic carbocycles. The van der Waals surface area contributed by atoms with Crippen molar-refractivity contribution in [2.75, 3.05) is 12.1 Å². The van der Waals surface area contributed by atoms with Gasteiger partial charge in [0.2, 0.25) is 11.1 Å². The number of methoxy groups -OCH3 is 1. The molecule has 0 radical (unpaired) electrons. The third kappa shape index (κ3) is 4.07. The number of hydrogen-bond acceptors (Lipinski definition) is 6. The number of hydrogen-bond donors (Lipinski definition) is 0. The molecule has 1 aliphatic heterocycles. The van der Waals surface area contributed by atoms with Gasteiger partial charge in [-0.3, -0.25) is 9.59 Å². The van der Waals surface area contributed by atoms with E-state index in [1.165, 1.54) is 11.8 Å². The van der Waals surface area contributed by atoms with Gasteiger partial charge in [0.15, 0.2) is 11.6 Å². The second-order valence-corrected chi connectivity index (χ2v) is 7.68. The fraction of sp³-hybridized carbons (Fsp3) is 0.429. The molecule has 7 nitrogen and oxygen atoms in total. The Morgan fingerprint density at radius 2 is 1.86 bits per heavy atom. The van der Waals surface area contributed by atoms with E-state index in [1.807, 2.05) is 45.0 Å². The summed E-state index contributed by atoms with van der Waals surface area (Å²) in [7, 11) is 1.60. The van der Waals surface area contributed by atoms with Crippen LogP contribution in [0.5, 0.6) is 5.75 Å². The highest BCUT2D eigenvalue weighted by molar-refractivity contribution is 8.04. The minimum atomic E-state index is -0.0943. The van der Waals surface area contributed by atoms with Gasteiger partial charge in [0, 0.05) is 24.8 Å². The highest BCUT2D eigenvalue weighted by atomic mass is 32.2. The molecular formula is C21H26N4O3S. The number of ether oxygens (including phenoxy) is 1. The lowest BCUT2D eigenvalue weighted by Gasteiger charge is -2.33. The molecule has 1 aliphatic rings. The number of nitrogens with zero attached hydrogens (tertiary/aromatic N) is 4. The molecule has 29 heavy (non-hydrogen) atoms. The fourth-order valence-corrected chi connectivity index (χ4v) is 4.28. The number of fused-ring (bicyclic) bond motifs is 1. The van der Waals surface area contributed by atoms with Crippen LogP contribution in [-0.2, 0) is 16.0 Å². The summed E-state index contributed by atoms with van der Waals surface area (Å²) >= 11 is 1.28. The molecule has 0 N–H and O–H groups in total. The zero-order valence-corrected chi connectivity index (χ0v) is 18.1. The molecule has 0 bridgehead atoms. The molecule has 0 unspecified atom stereocenters. The maximum atomic E-state index is 13.3. The van der Waals surface area contributed by atoms with Crippen molar-refractivity contribution in [2.24, 2.45) is 0 Å². The number of benzene rings is 1. The highest BCUT2D eigenvalue weighted by Gasteiger charge is 2.36. The van der Waals surface area contributed by atoms with Crippen molar-refractivity contribution in [1.82, 2.24) is 14.9 Å². The minimum absolute atomic E-state index is 0.00285. The standard InChI is InChI=1S/C21H26N4O3S/c1-5-9-16(26)20-19(14-11-8-12-15(13-14)28-4)25(18(27)10-6-2)24-17(7-3)22-23-21(24)29-20/h8,11-13H,5-7,9-10H2,1-4H3. The van der Waals surface area contributed by atoms with E-state index in [0.29, 0.717) is 53.0 Å². The van der Waals surface area contributed by atoms with E-state index in [1.54, 1.807) is 16.8 Å². The Balaban J connectivity index is 2.28. The fourth-order valence-electron chi connectivity index (χ4n) is 3.23. The number of rotatable bonds is 8. The Morgan fingerprint density at radius 3 is 2.52 bits per heavy atom. The van der Waals surface area contributed by atoms with Gasteiger partial charge in [0.25, 0.3) is 0 Å². The van der Waals surface area contributed by atoms with Gasteiger partial charge >= 0.3 is 0 Å². The predicted molar refractivity (Wildman–Crippen MR) is 113 cm³/mol. The van der Waals surface area contributed by atoms with Crippen LogP contribution in [0.25, 0.3) is 5.70 Å². The van der Waals surface area contributed by atoms with Crippen molar-refractivity contribution in [3.8, 4) is 5.75 Å². The van der Waals surface area contributed by atoms with Crippen LogP contribution in [-0.4, -0.2) is 33.7 Å². The monoisotopic (exact) mass is 414 g/mol. The van der Waals surface area contributed by atoms with Crippen LogP contribution in [0.1, 0.15) is 57.8 Å². The first kappa shape index (κ1) is 21.1. The van der Waals surface area contributed by atoms with E-state index in [9.17, 15) is 9.59 Å². The number of allylic oxidation sites excluding steroid dienone is 1. The molecule has 8 heteroatoms. The molecular weight excluding hydrogens is 388 g/mol. The smallest absolute Gasteiger partial charge is 0.246 e. The number of ketones is 1. The van der Waals surface area contributed by atoms with Crippen LogP contribution in [0.4, 0.5) is 0 Å². The molecule has 0 saturated carbocycles. The molecule has 2 heterocycles. The molecule has 1 amide bonds. The summed E-state index contributed by atoms with van der Waals surface area (Å²) < 4.78 is 7.13. The number of Topliss-reactive ketones (excluding diaryl/α,β-unsaturated/α-hetero) is 1. The van der Waals surface area contributed by atoms with Crippen molar-refractivity contribution >= 4 is 29.1 Å². The van der Waals surface area contributed by atoms with Gasteiger partial charge in [0.1, 0.15) is 5.75 Å². The predicted octanol–water partition coefficient (Wildman–Crippen LogP) is 3.96. The third-order valence-electron chi connectivity index (χ3n) is 4.59. The Hall–Kier alpha value is -2.61. The van der Waals surface area contributed by atoms with Crippen LogP contribution in [0, 0.1) is 0 Å². The third-order valence-corrected chi connectivity index (χ3v) is 5.65. The molecule has 0 atom stereocenters. The van der Waals surface area contributed by atoms with Crippen LogP contribution in [0.2, 0.25) is 0 Å². The number of thioether (sulfide) groups is 1. The molecule has 2 aromatic rings. The Bertz CT molecular complexity index is 951. The van der Waals surface area contributed by atoms with Crippen molar-refractivity contribution < 1.29 is 14.3 Å². The summed E-state index contributed by atoms with van der Waals surface area (Å²) in [5.74, 6) is 1.25. The van der Waals surface area contributed by atoms with Crippen LogP contribution >= 0.6 is 11.8 Å². The van der Waals surface area contributed by atoms with E-state index in [-0.39, 0.29) is 11.7 Å². The molecule has 0 fully saturated rings. The molecule has 154 valence electrons. The van der Waals surface area contributed by atoms with Crippen LogP contribution in [0.15, 0.2) is 34.3 Å². The normalized spacial score (nSPS) is 13.4. The first-order valence-corrected chi connectivity index (χ1v) is 10.7. The second kappa shape index (κ2) is 9.26. The molecule has 0 spiro atoms. The number of carbonyl (C=O) groups is 2. The largest absolute Gasteiger partial charge is 0.497 e. The summed E-state index contributed by atoms with van der Waals surface area (Å²) in [6, 6.07) is 7.44. The first-order valence-electron chi connectivity index (χ1n) is 9.92. The molecule has 1 aromatic carbocycles. The second-order valence-electron chi connectivity index (χ2n) is 6.70. The van der Waals surface area contributed by atoms with E-state index in [4.69, 9.17) is 4.74 Å². The summed E-state index contributed by atoms with van der Waals surface area (Å²) in [6.45, 7) is 5.90. The summed E-state index contributed by atoms with van der Waals surface area (Å²) in [6.07, 6.45) is 2.80. The molecule has 0 saturated heterocycles. The van der Waals surface area contributed by atoms with Gasteiger partial charge in [0.05, 0.1) is 17.7 Å². The SMILES string of the molecule is CCCC(=O)C1=C(c2cccc(OC)c2)N(C(=O)CCC)n2c(CC)nnc2S1. The van der Waals surface area contributed by atoms with Crippen molar-refractivity contribution in [1.29, 1.82) is 0 Å². The Morgan fingerprint density at radius 1 is 1.10 bits per heavy atom. The van der Waals surface area contributed by atoms with Gasteiger partial charge in [-0.1, -0.05) is 32.9 Å². The van der Waals surface area contributed by atoms with Gasteiger partial charge < -0.3 is 4.74 Å². The average molecular weight is 415 g/mol. The Kier molecular flexibility index (Phi) is 6.74. The van der Waals surface area contributed by atoms with Crippen molar-refractivity contribution in [2.45, 2.75) is 58.0 Å². The highest BCUT2D eigenvalue weighted by Crippen LogP contribution is 2.41. The lowest BCUT2D eigenvalue weighted by Crippen LogP contribution is -2.43. The summed E-state index contributed by atoms with van der Waals surface area (Å²) in [5.41, 5.74) is 1.33. The molecule has 1 aromatic heterocycles. The number of aromatic nitrogens is 3. The minimum Gasteiger partial charge on any atom is -0.497 e.